The summed E-state index contributed by atoms with van der Waals surface area (Å²) in [6.45, 7) is 9.03. The first kappa shape index (κ1) is 58.4. The summed E-state index contributed by atoms with van der Waals surface area (Å²) in [6, 6.07) is 0. The fourth-order valence-electron chi connectivity index (χ4n) is 8.22. The van der Waals surface area contributed by atoms with Crippen LogP contribution in [0.2, 0.25) is 0 Å². The minimum atomic E-state index is -0.759. The lowest BCUT2D eigenvalue weighted by atomic mass is 10.0. The summed E-state index contributed by atoms with van der Waals surface area (Å²) in [5.74, 6) is 0.0140. The van der Waals surface area contributed by atoms with Crippen LogP contribution in [0.15, 0.2) is 0 Å². The van der Waals surface area contributed by atoms with Crippen molar-refractivity contribution in [2.24, 2.45) is 5.92 Å². The maximum absolute atomic E-state index is 12.8. The monoisotopic (exact) mass is 849 g/mol. The van der Waals surface area contributed by atoms with Crippen LogP contribution in [0.4, 0.5) is 0 Å². The van der Waals surface area contributed by atoms with Gasteiger partial charge in [-0.15, -0.1) is 0 Å². The highest BCUT2D eigenvalue weighted by Gasteiger charge is 2.19. The molecule has 0 aliphatic carbocycles. The van der Waals surface area contributed by atoms with E-state index in [0.717, 1.165) is 63.7 Å². The van der Waals surface area contributed by atoms with Gasteiger partial charge in [0, 0.05) is 19.3 Å². The van der Waals surface area contributed by atoms with Gasteiger partial charge in [0.1, 0.15) is 13.2 Å². The average molecular weight is 849 g/mol. The molecule has 0 aromatic heterocycles. The number of carbonyl (C=O) groups excluding carboxylic acids is 3. The molecule has 60 heavy (non-hydrogen) atoms. The van der Waals surface area contributed by atoms with Gasteiger partial charge >= 0.3 is 17.9 Å². The van der Waals surface area contributed by atoms with Crippen LogP contribution in [0, 0.1) is 5.92 Å². The Morgan fingerprint density at radius 3 is 0.817 bits per heavy atom. The van der Waals surface area contributed by atoms with Gasteiger partial charge in [-0.1, -0.05) is 265 Å². The first-order valence-electron chi connectivity index (χ1n) is 26.9. The van der Waals surface area contributed by atoms with Gasteiger partial charge in [0.2, 0.25) is 0 Å². The van der Waals surface area contributed by atoms with Gasteiger partial charge < -0.3 is 14.2 Å². The van der Waals surface area contributed by atoms with Crippen molar-refractivity contribution in [3.05, 3.63) is 0 Å². The van der Waals surface area contributed by atoms with Crippen molar-refractivity contribution in [1.82, 2.24) is 0 Å². The normalized spacial score (nSPS) is 11.9. The highest BCUT2D eigenvalue weighted by atomic mass is 16.6. The fourth-order valence-corrected chi connectivity index (χ4v) is 8.22. The Bertz CT molecular complexity index is 903. The van der Waals surface area contributed by atoms with Crippen LogP contribution in [-0.4, -0.2) is 37.2 Å². The summed E-state index contributed by atoms with van der Waals surface area (Å²) >= 11 is 0. The first-order chi connectivity index (χ1) is 29.4. The molecule has 0 heterocycles. The Morgan fingerprint density at radius 1 is 0.317 bits per heavy atom. The molecule has 0 fully saturated rings. The standard InChI is InChI=1S/C54H104O6/c1-5-7-9-11-13-15-16-26-31-35-39-43-47-54(57)60-51(48-58-52(55)45-41-37-33-28-14-12-10-8-6-2)49-59-53(56)46-42-38-34-30-27-24-22-20-18-17-19-21-23-25-29-32-36-40-44-50(3)4/h50-51H,5-49H2,1-4H3/t51-/m0/s1. The van der Waals surface area contributed by atoms with Crippen molar-refractivity contribution < 1.29 is 28.6 Å². The van der Waals surface area contributed by atoms with Crippen LogP contribution in [-0.2, 0) is 28.6 Å². The van der Waals surface area contributed by atoms with E-state index in [2.05, 4.69) is 27.7 Å². The lowest BCUT2D eigenvalue weighted by Gasteiger charge is -2.18. The predicted molar refractivity (Wildman–Crippen MR) is 257 cm³/mol. The van der Waals surface area contributed by atoms with Crippen LogP contribution in [0.25, 0.3) is 0 Å². The van der Waals surface area contributed by atoms with Crippen LogP contribution >= 0.6 is 0 Å². The molecule has 0 saturated heterocycles. The molecule has 0 bridgehead atoms. The molecular formula is C54H104O6. The molecule has 0 aliphatic rings. The second-order valence-electron chi connectivity index (χ2n) is 19.0. The lowest BCUT2D eigenvalue weighted by Crippen LogP contribution is -2.30. The molecule has 0 aromatic rings. The van der Waals surface area contributed by atoms with E-state index in [1.165, 1.54) is 199 Å². The summed E-state index contributed by atoms with van der Waals surface area (Å²) in [5.41, 5.74) is 0. The summed E-state index contributed by atoms with van der Waals surface area (Å²) in [6.07, 6.45) is 51.0. The van der Waals surface area contributed by atoms with Gasteiger partial charge in [-0.25, -0.2) is 0 Å². The highest BCUT2D eigenvalue weighted by molar-refractivity contribution is 5.71. The van der Waals surface area contributed by atoms with Crippen molar-refractivity contribution in [1.29, 1.82) is 0 Å². The Hall–Kier alpha value is -1.59. The van der Waals surface area contributed by atoms with Crippen molar-refractivity contribution in [3.8, 4) is 0 Å². The predicted octanol–water partition coefficient (Wildman–Crippen LogP) is 17.5. The molecule has 6 nitrogen and oxygen atoms in total. The second kappa shape index (κ2) is 48.4. The lowest BCUT2D eigenvalue weighted by molar-refractivity contribution is -0.167. The Labute approximate surface area is 374 Å². The minimum Gasteiger partial charge on any atom is -0.462 e. The number of carbonyl (C=O) groups is 3. The van der Waals surface area contributed by atoms with E-state index in [9.17, 15) is 14.4 Å². The topological polar surface area (TPSA) is 78.9 Å². The number of esters is 3. The van der Waals surface area contributed by atoms with Crippen molar-refractivity contribution >= 4 is 17.9 Å². The van der Waals surface area contributed by atoms with E-state index in [1.807, 2.05) is 0 Å². The van der Waals surface area contributed by atoms with Crippen LogP contribution < -0.4 is 0 Å². The summed E-state index contributed by atoms with van der Waals surface area (Å²) in [4.78, 5) is 37.9. The second-order valence-corrected chi connectivity index (χ2v) is 19.0. The number of hydrogen-bond donors (Lipinski definition) is 0. The van der Waals surface area contributed by atoms with Crippen molar-refractivity contribution in [2.75, 3.05) is 13.2 Å². The van der Waals surface area contributed by atoms with E-state index < -0.39 is 6.10 Å². The number of hydrogen-bond acceptors (Lipinski definition) is 6. The third kappa shape index (κ3) is 47.5. The van der Waals surface area contributed by atoms with Crippen LogP contribution in [0.3, 0.4) is 0 Å². The van der Waals surface area contributed by atoms with Gasteiger partial charge in [0.15, 0.2) is 6.10 Å². The number of unbranched alkanes of at least 4 members (excludes halogenated alkanes) is 36. The quantitative estimate of drug-likeness (QED) is 0.0345. The Kier molecular flexibility index (Phi) is 47.2. The third-order valence-corrected chi connectivity index (χ3v) is 12.3. The molecule has 0 rings (SSSR count). The van der Waals surface area contributed by atoms with E-state index >= 15 is 0 Å². The van der Waals surface area contributed by atoms with E-state index in [0.29, 0.717) is 19.3 Å². The van der Waals surface area contributed by atoms with Gasteiger partial charge in [0.25, 0.3) is 0 Å². The molecule has 1 atom stereocenters. The maximum atomic E-state index is 12.8. The zero-order valence-electron chi connectivity index (χ0n) is 40.9. The average Bonchev–Trinajstić information content (AvgIpc) is 3.23. The Balaban J connectivity index is 4.16. The molecular weight excluding hydrogens is 745 g/mol. The first-order valence-corrected chi connectivity index (χ1v) is 26.9. The largest absolute Gasteiger partial charge is 0.462 e. The fraction of sp³-hybridized carbons (Fsp3) is 0.944. The smallest absolute Gasteiger partial charge is 0.306 e. The van der Waals surface area contributed by atoms with E-state index in [1.54, 1.807) is 0 Å². The van der Waals surface area contributed by atoms with E-state index in [4.69, 9.17) is 14.2 Å². The third-order valence-electron chi connectivity index (χ3n) is 12.3. The zero-order valence-corrected chi connectivity index (χ0v) is 40.9. The van der Waals surface area contributed by atoms with Gasteiger partial charge in [-0.05, 0) is 25.2 Å². The van der Waals surface area contributed by atoms with Crippen molar-refractivity contribution in [2.45, 2.75) is 310 Å². The molecule has 0 spiro atoms. The van der Waals surface area contributed by atoms with Gasteiger partial charge in [-0.3, -0.25) is 14.4 Å². The maximum Gasteiger partial charge on any atom is 0.306 e. The molecule has 0 aliphatic heterocycles. The van der Waals surface area contributed by atoms with Crippen LogP contribution in [0.1, 0.15) is 304 Å². The zero-order chi connectivity index (χ0) is 43.8. The minimum absolute atomic E-state index is 0.0625. The molecule has 6 heteroatoms. The summed E-state index contributed by atoms with van der Waals surface area (Å²) in [7, 11) is 0. The molecule has 0 aromatic carbocycles. The van der Waals surface area contributed by atoms with Gasteiger partial charge in [-0.2, -0.15) is 0 Å². The van der Waals surface area contributed by atoms with Crippen molar-refractivity contribution in [3.63, 3.8) is 0 Å². The SMILES string of the molecule is CCCCCCCCCCCCCCC(=O)O[C@@H](COC(=O)CCCCCCCCCCC)COC(=O)CCCCCCCCCCCCCCCCCCCCC(C)C. The van der Waals surface area contributed by atoms with Crippen LogP contribution in [0.5, 0.6) is 0 Å². The summed E-state index contributed by atoms with van der Waals surface area (Å²) in [5, 5.41) is 0. The summed E-state index contributed by atoms with van der Waals surface area (Å²) < 4.78 is 16.8. The number of rotatable bonds is 49. The molecule has 356 valence electrons. The molecule has 0 radical (unpaired) electrons. The molecule has 0 N–H and O–H groups in total. The number of ether oxygens (including phenoxy) is 3. The molecule has 0 unspecified atom stereocenters. The highest BCUT2D eigenvalue weighted by Crippen LogP contribution is 2.17. The van der Waals surface area contributed by atoms with E-state index in [-0.39, 0.29) is 31.1 Å². The molecule has 0 amide bonds. The Morgan fingerprint density at radius 2 is 0.550 bits per heavy atom. The molecule has 0 saturated carbocycles. The van der Waals surface area contributed by atoms with Gasteiger partial charge in [0.05, 0.1) is 0 Å².